The topological polar surface area (TPSA) is 60.2 Å². The molecule has 2 rings (SSSR count). The summed E-state index contributed by atoms with van der Waals surface area (Å²) < 4.78 is 11.3. The minimum absolute atomic E-state index is 0.0534. The summed E-state index contributed by atoms with van der Waals surface area (Å²) in [4.78, 5) is 4.31. The van der Waals surface area contributed by atoms with Crippen molar-refractivity contribution in [1.82, 2.24) is 10.1 Å². The van der Waals surface area contributed by atoms with E-state index in [1.54, 1.807) is 7.11 Å². The molecule has 0 aliphatic carbocycles. The van der Waals surface area contributed by atoms with Crippen LogP contribution >= 0.6 is 15.9 Å². The molecule has 0 spiro atoms. The fourth-order valence-electron chi connectivity index (χ4n) is 1.75. The molecule has 6 heteroatoms. The average molecular weight is 340 g/mol. The molecule has 1 heterocycles. The minimum atomic E-state index is 0.0534. The molecule has 0 amide bonds. The van der Waals surface area contributed by atoms with Crippen LogP contribution in [0.15, 0.2) is 27.2 Å². The van der Waals surface area contributed by atoms with E-state index < -0.39 is 0 Å². The smallest absolute Gasteiger partial charge is 0.321 e. The second-order valence-electron chi connectivity index (χ2n) is 4.87. The molecule has 1 N–H and O–H groups in total. The summed E-state index contributed by atoms with van der Waals surface area (Å²) in [7, 11) is 1.65. The van der Waals surface area contributed by atoms with Crippen molar-refractivity contribution in [3.05, 3.63) is 34.1 Å². The molecule has 5 nitrogen and oxygen atoms in total. The lowest BCUT2D eigenvalue weighted by Gasteiger charge is -2.13. The summed E-state index contributed by atoms with van der Waals surface area (Å²) >= 11 is 3.48. The van der Waals surface area contributed by atoms with E-state index in [1.165, 1.54) is 0 Å². The van der Waals surface area contributed by atoms with Crippen molar-refractivity contribution in [2.45, 2.75) is 32.7 Å². The Balaban J connectivity index is 2.10. The highest BCUT2D eigenvalue weighted by Crippen LogP contribution is 2.29. The Morgan fingerprint density at radius 3 is 2.60 bits per heavy atom. The zero-order valence-corrected chi connectivity index (χ0v) is 13.6. The second-order valence-corrected chi connectivity index (χ2v) is 5.73. The Hall–Kier alpha value is -1.56. The van der Waals surface area contributed by atoms with Crippen LogP contribution in [0.25, 0.3) is 0 Å². The van der Waals surface area contributed by atoms with Gasteiger partial charge in [-0.15, -0.1) is 0 Å². The molecule has 0 aliphatic heterocycles. The number of aromatic nitrogens is 2. The summed E-state index contributed by atoms with van der Waals surface area (Å²) in [5, 5.41) is 7.13. The zero-order valence-electron chi connectivity index (χ0n) is 12.0. The Morgan fingerprint density at radius 1 is 1.30 bits per heavy atom. The number of hydrogen-bond donors (Lipinski definition) is 1. The minimum Gasteiger partial charge on any atom is -0.496 e. The summed E-state index contributed by atoms with van der Waals surface area (Å²) in [6.45, 7) is 6.09. The second kappa shape index (κ2) is 6.26. The van der Waals surface area contributed by atoms with E-state index in [0.29, 0.717) is 11.8 Å². The predicted molar refractivity (Wildman–Crippen MR) is 81.1 cm³/mol. The number of methoxy groups -OCH3 is 1. The van der Waals surface area contributed by atoms with Crippen molar-refractivity contribution >= 4 is 21.9 Å². The van der Waals surface area contributed by atoms with Gasteiger partial charge in [-0.1, -0.05) is 25.1 Å². The molecule has 0 aliphatic rings. The molecule has 1 unspecified atom stereocenters. The van der Waals surface area contributed by atoms with Gasteiger partial charge >= 0.3 is 6.01 Å². The summed E-state index contributed by atoms with van der Waals surface area (Å²) in [5.74, 6) is 1.76. The van der Waals surface area contributed by atoms with E-state index in [2.05, 4.69) is 31.4 Å². The molecule has 20 heavy (non-hydrogen) atoms. The van der Waals surface area contributed by atoms with Crippen LogP contribution in [0.5, 0.6) is 5.75 Å². The van der Waals surface area contributed by atoms with Crippen LogP contribution in [0.1, 0.15) is 44.1 Å². The van der Waals surface area contributed by atoms with E-state index in [1.807, 2.05) is 39.0 Å². The van der Waals surface area contributed by atoms with Crippen LogP contribution in [0.4, 0.5) is 6.01 Å². The molecule has 0 fully saturated rings. The highest BCUT2D eigenvalue weighted by atomic mass is 79.9. The molecule has 0 saturated heterocycles. The van der Waals surface area contributed by atoms with Gasteiger partial charge in [0.15, 0.2) is 5.82 Å². The van der Waals surface area contributed by atoms with Gasteiger partial charge in [0.2, 0.25) is 0 Å². The largest absolute Gasteiger partial charge is 0.496 e. The van der Waals surface area contributed by atoms with Crippen LogP contribution in [0.2, 0.25) is 0 Å². The van der Waals surface area contributed by atoms with Crippen molar-refractivity contribution in [3.8, 4) is 5.75 Å². The van der Waals surface area contributed by atoms with Crippen molar-refractivity contribution in [2.75, 3.05) is 12.4 Å². The maximum absolute atomic E-state index is 5.22. The SMILES string of the molecule is COc1ccc(C(C)Nc2nc(C(C)C)no2)cc1Br. The highest BCUT2D eigenvalue weighted by molar-refractivity contribution is 9.10. The maximum atomic E-state index is 5.22. The van der Waals surface area contributed by atoms with E-state index in [-0.39, 0.29) is 12.0 Å². The molecular formula is C14H18BrN3O2. The number of nitrogens with one attached hydrogen (secondary N) is 1. The van der Waals surface area contributed by atoms with Gasteiger partial charge in [0.05, 0.1) is 17.6 Å². The van der Waals surface area contributed by atoms with Crippen molar-refractivity contribution < 1.29 is 9.26 Å². The van der Waals surface area contributed by atoms with Gasteiger partial charge in [-0.2, -0.15) is 4.98 Å². The molecule has 0 radical (unpaired) electrons. The Labute approximate surface area is 126 Å². The fourth-order valence-corrected chi connectivity index (χ4v) is 2.31. The third-order valence-electron chi connectivity index (χ3n) is 2.97. The van der Waals surface area contributed by atoms with Crippen molar-refractivity contribution in [2.24, 2.45) is 0 Å². The maximum Gasteiger partial charge on any atom is 0.321 e. The first kappa shape index (κ1) is 14.8. The number of nitrogens with zero attached hydrogens (tertiary/aromatic N) is 2. The van der Waals surface area contributed by atoms with E-state index in [9.17, 15) is 0 Å². The summed E-state index contributed by atoms with van der Waals surface area (Å²) in [6.07, 6.45) is 0. The standard InChI is InChI=1S/C14H18BrN3O2/c1-8(2)13-17-14(20-18-13)16-9(3)10-5-6-12(19-4)11(15)7-10/h5-9H,1-4H3,(H,16,17,18). The molecule has 0 saturated carbocycles. The molecule has 108 valence electrons. The third-order valence-corrected chi connectivity index (χ3v) is 3.59. The van der Waals surface area contributed by atoms with E-state index in [4.69, 9.17) is 9.26 Å². The molecule has 1 atom stereocenters. The molecular weight excluding hydrogens is 322 g/mol. The van der Waals surface area contributed by atoms with Gasteiger partial charge in [0.1, 0.15) is 5.75 Å². The lowest BCUT2D eigenvalue weighted by molar-refractivity contribution is 0.411. The number of hydrogen-bond acceptors (Lipinski definition) is 5. The van der Waals surface area contributed by atoms with Crippen LogP contribution < -0.4 is 10.1 Å². The summed E-state index contributed by atoms with van der Waals surface area (Å²) in [5.41, 5.74) is 1.10. The van der Waals surface area contributed by atoms with E-state index >= 15 is 0 Å². The molecule has 1 aromatic carbocycles. The van der Waals surface area contributed by atoms with Crippen LogP contribution in [0, 0.1) is 0 Å². The molecule has 2 aromatic rings. The number of ether oxygens (including phenoxy) is 1. The van der Waals surface area contributed by atoms with E-state index in [0.717, 1.165) is 15.8 Å². The quantitative estimate of drug-likeness (QED) is 0.886. The number of rotatable bonds is 5. The summed E-state index contributed by atoms with van der Waals surface area (Å²) in [6, 6.07) is 6.42. The lowest BCUT2D eigenvalue weighted by Crippen LogP contribution is -2.07. The van der Waals surface area contributed by atoms with Gasteiger partial charge in [-0.05, 0) is 40.5 Å². The first-order valence-electron chi connectivity index (χ1n) is 6.44. The van der Waals surface area contributed by atoms with Crippen LogP contribution in [-0.2, 0) is 0 Å². The molecule has 1 aromatic heterocycles. The first-order valence-corrected chi connectivity index (χ1v) is 7.24. The Morgan fingerprint density at radius 2 is 2.05 bits per heavy atom. The van der Waals surface area contributed by atoms with Gasteiger partial charge in [-0.3, -0.25) is 0 Å². The van der Waals surface area contributed by atoms with Crippen LogP contribution in [-0.4, -0.2) is 17.3 Å². The predicted octanol–water partition coefficient (Wildman–Crippen LogP) is 4.14. The zero-order chi connectivity index (χ0) is 14.7. The Bertz CT molecular complexity index is 584. The normalized spacial score (nSPS) is 12.5. The first-order chi connectivity index (χ1) is 9.51. The number of benzene rings is 1. The monoisotopic (exact) mass is 339 g/mol. The van der Waals surface area contributed by atoms with Crippen LogP contribution in [0.3, 0.4) is 0 Å². The molecule has 0 bridgehead atoms. The Kier molecular flexibility index (Phi) is 4.65. The average Bonchev–Trinajstić information content (AvgIpc) is 2.87. The number of halogens is 1. The fraction of sp³-hybridized carbons (Fsp3) is 0.429. The van der Waals surface area contributed by atoms with Gasteiger partial charge in [-0.25, -0.2) is 0 Å². The van der Waals surface area contributed by atoms with Gasteiger partial charge in [0, 0.05) is 5.92 Å². The third kappa shape index (κ3) is 3.30. The highest BCUT2D eigenvalue weighted by Gasteiger charge is 2.13. The van der Waals surface area contributed by atoms with Gasteiger partial charge < -0.3 is 14.6 Å². The van der Waals surface area contributed by atoms with Gasteiger partial charge in [0.25, 0.3) is 0 Å². The lowest BCUT2D eigenvalue weighted by atomic mass is 10.1. The number of anilines is 1. The van der Waals surface area contributed by atoms with Crippen molar-refractivity contribution in [1.29, 1.82) is 0 Å². The van der Waals surface area contributed by atoms with Crippen molar-refractivity contribution in [3.63, 3.8) is 0 Å².